The topological polar surface area (TPSA) is 56.5 Å². The molecule has 0 saturated heterocycles. The van der Waals surface area contributed by atoms with Crippen LogP contribution in [0.15, 0.2) is 30.3 Å². The molecule has 0 N–H and O–H groups in total. The Morgan fingerprint density at radius 1 is 1.35 bits per heavy atom. The third-order valence-corrected chi connectivity index (χ3v) is 4.02. The second kappa shape index (κ2) is 5.05. The van der Waals surface area contributed by atoms with Gasteiger partial charge in [-0.3, -0.25) is 0 Å². The van der Waals surface area contributed by atoms with Crippen molar-refractivity contribution in [3.8, 4) is 11.4 Å². The summed E-state index contributed by atoms with van der Waals surface area (Å²) < 4.78 is 6.72. The maximum absolute atomic E-state index is 11.8. The summed E-state index contributed by atoms with van der Waals surface area (Å²) in [7, 11) is 0. The summed E-state index contributed by atoms with van der Waals surface area (Å²) in [6, 6.07) is 9.76. The number of benzene rings is 1. The van der Waals surface area contributed by atoms with Gasteiger partial charge in [-0.15, -0.1) is 5.10 Å². The van der Waals surface area contributed by atoms with Crippen molar-refractivity contribution in [1.29, 1.82) is 0 Å². The molecule has 2 aromatic heterocycles. The molecule has 5 nitrogen and oxygen atoms in total. The number of hydrogen-bond acceptors (Lipinski definition) is 5. The summed E-state index contributed by atoms with van der Waals surface area (Å²) in [5, 5.41) is 4.45. The standard InChI is InChI=1S/C14H13N3O2S/c1-3-19-13(18)11-9(2)17-14(20-11)15-12(16-17)10-7-5-4-6-8-10/h4-8H,3H2,1-2H3. The van der Waals surface area contributed by atoms with E-state index in [0.717, 1.165) is 11.3 Å². The summed E-state index contributed by atoms with van der Waals surface area (Å²) in [5.41, 5.74) is 1.72. The molecule has 0 spiro atoms. The molecular formula is C14H13N3O2S. The summed E-state index contributed by atoms with van der Waals surface area (Å²) in [6.45, 7) is 4.00. The van der Waals surface area contributed by atoms with Gasteiger partial charge in [0.25, 0.3) is 0 Å². The van der Waals surface area contributed by atoms with Gasteiger partial charge in [-0.1, -0.05) is 41.7 Å². The Labute approximate surface area is 119 Å². The summed E-state index contributed by atoms with van der Waals surface area (Å²) in [4.78, 5) is 17.5. The monoisotopic (exact) mass is 287 g/mol. The Kier molecular flexibility index (Phi) is 3.23. The highest BCUT2D eigenvalue weighted by molar-refractivity contribution is 7.19. The number of aryl methyl sites for hydroxylation is 1. The molecule has 0 aliphatic carbocycles. The van der Waals surface area contributed by atoms with E-state index >= 15 is 0 Å². The first-order chi connectivity index (χ1) is 9.70. The third-order valence-electron chi connectivity index (χ3n) is 2.91. The molecule has 0 aliphatic rings. The highest BCUT2D eigenvalue weighted by Gasteiger charge is 2.19. The molecule has 0 fully saturated rings. The second-order valence-corrected chi connectivity index (χ2v) is 5.21. The molecule has 0 bridgehead atoms. The minimum atomic E-state index is -0.316. The first-order valence-corrected chi connectivity index (χ1v) is 7.11. The molecule has 2 heterocycles. The molecule has 3 aromatic rings. The molecule has 1 aromatic carbocycles. The zero-order chi connectivity index (χ0) is 14.1. The van der Waals surface area contributed by atoms with Crippen molar-refractivity contribution < 1.29 is 9.53 Å². The van der Waals surface area contributed by atoms with Crippen molar-refractivity contribution in [3.63, 3.8) is 0 Å². The zero-order valence-electron chi connectivity index (χ0n) is 11.2. The normalized spacial score (nSPS) is 10.9. The van der Waals surface area contributed by atoms with Crippen molar-refractivity contribution in [1.82, 2.24) is 14.6 Å². The predicted octanol–water partition coefficient (Wildman–Crippen LogP) is 2.94. The van der Waals surface area contributed by atoms with Gasteiger partial charge in [-0.25, -0.2) is 9.31 Å². The first-order valence-electron chi connectivity index (χ1n) is 6.29. The van der Waals surface area contributed by atoms with E-state index in [1.54, 1.807) is 11.4 Å². The number of fused-ring (bicyclic) bond motifs is 1. The number of carbonyl (C=O) groups is 1. The molecule has 0 unspecified atom stereocenters. The lowest BCUT2D eigenvalue weighted by atomic mass is 10.2. The van der Waals surface area contributed by atoms with E-state index in [4.69, 9.17) is 4.74 Å². The Morgan fingerprint density at radius 3 is 2.75 bits per heavy atom. The van der Waals surface area contributed by atoms with Gasteiger partial charge in [0.15, 0.2) is 5.82 Å². The highest BCUT2D eigenvalue weighted by atomic mass is 32.1. The maximum Gasteiger partial charge on any atom is 0.350 e. The lowest BCUT2D eigenvalue weighted by molar-refractivity contribution is 0.0530. The molecule has 3 rings (SSSR count). The number of ether oxygens (including phenoxy) is 1. The minimum absolute atomic E-state index is 0.316. The number of nitrogens with zero attached hydrogens (tertiary/aromatic N) is 3. The van der Waals surface area contributed by atoms with Crippen LogP contribution in [0, 0.1) is 6.92 Å². The second-order valence-electron chi connectivity index (χ2n) is 4.23. The number of rotatable bonds is 3. The summed E-state index contributed by atoms with van der Waals surface area (Å²) in [5.74, 6) is 0.346. The van der Waals surface area contributed by atoms with Gasteiger partial charge in [0.2, 0.25) is 4.96 Å². The molecular weight excluding hydrogens is 274 g/mol. The third kappa shape index (κ3) is 2.08. The fourth-order valence-electron chi connectivity index (χ4n) is 1.94. The van der Waals surface area contributed by atoms with Gasteiger partial charge in [0, 0.05) is 5.56 Å². The van der Waals surface area contributed by atoms with Crippen LogP contribution in [0.3, 0.4) is 0 Å². The molecule has 6 heteroatoms. The number of aromatic nitrogens is 3. The molecule has 102 valence electrons. The fourth-order valence-corrected chi connectivity index (χ4v) is 2.89. The van der Waals surface area contributed by atoms with Gasteiger partial charge in [-0.05, 0) is 13.8 Å². The van der Waals surface area contributed by atoms with E-state index in [1.807, 2.05) is 37.3 Å². The highest BCUT2D eigenvalue weighted by Crippen LogP contribution is 2.25. The van der Waals surface area contributed by atoms with Crippen molar-refractivity contribution in [2.24, 2.45) is 0 Å². The van der Waals surface area contributed by atoms with Crippen molar-refractivity contribution in [2.75, 3.05) is 6.61 Å². The summed E-state index contributed by atoms with van der Waals surface area (Å²) >= 11 is 1.30. The van der Waals surface area contributed by atoms with E-state index < -0.39 is 0 Å². The average molecular weight is 287 g/mol. The largest absolute Gasteiger partial charge is 0.462 e. The molecule has 0 radical (unpaired) electrons. The molecule has 20 heavy (non-hydrogen) atoms. The van der Waals surface area contributed by atoms with Crippen LogP contribution in [0.2, 0.25) is 0 Å². The molecule has 0 saturated carbocycles. The van der Waals surface area contributed by atoms with Crippen LogP contribution in [0.4, 0.5) is 0 Å². The van der Waals surface area contributed by atoms with Crippen LogP contribution >= 0.6 is 11.3 Å². The van der Waals surface area contributed by atoms with Crippen molar-refractivity contribution in [2.45, 2.75) is 13.8 Å². The van der Waals surface area contributed by atoms with Gasteiger partial charge < -0.3 is 4.74 Å². The van der Waals surface area contributed by atoms with Gasteiger partial charge in [0.05, 0.1) is 12.3 Å². The van der Waals surface area contributed by atoms with E-state index in [2.05, 4.69) is 10.1 Å². The molecule has 0 aliphatic heterocycles. The molecule has 0 atom stereocenters. The Hall–Kier alpha value is -2.21. The molecule has 0 amide bonds. The zero-order valence-corrected chi connectivity index (χ0v) is 12.0. The van der Waals surface area contributed by atoms with E-state index in [-0.39, 0.29) is 5.97 Å². The van der Waals surface area contributed by atoms with E-state index in [0.29, 0.717) is 22.3 Å². The first kappa shape index (κ1) is 12.8. The van der Waals surface area contributed by atoms with E-state index in [9.17, 15) is 4.79 Å². The van der Waals surface area contributed by atoms with Crippen LogP contribution in [0.25, 0.3) is 16.3 Å². The van der Waals surface area contributed by atoms with Gasteiger partial charge in [0.1, 0.15) is 4.88 Å². The van der Waals surface area contributed by atoms with Crippen molar-refractivity contribution in [3.05, 3.63) is 40.9 Å². The average Bonchev–Trinajstić information content (AvgIpc) is 3.00. The van der Waals surface area contributed by atoms with Gasteiger partial charge >= 0.3 is 5.97 Å². The smallest absolute Gasteiger partial charge is 0.350 e. The number of carbonyl (C=O) groups excluding carboxylic acids is 1. The van der Waals surface area contributed by atoms with Crippen LogP contribution < -0.4 is 0 Å². The van der Waals surface area contributed by atoms with Crippen LogP contribution in [-0.2, 0) is 4.74 Å². The predicted molar refractivity (Wildman–Crippen MR) is 77.0 cm³/mol. The SMILES string of the molecule is CCOC(=O)c1sc2nc(-c3ccccc3)nn2c1C. The number of esters is 1. The van der Waals surface area contributed by atoms with Crippen molar-refractivity contribution >= 4 is 22.3 Å². The van der Waals surface area contributed by atoms with Crippen LogP contribution in [-0.4, -0.2) is 27.2 Å². The lowest BCUT2D eigenvalue weighted by Crippen LogP contribution is -2.05. The van der Waals surface area contributed by atoms with Crippen LogP contribution in [0.5, 0.6) is 0 Å². The Morgan fingerprint density at radius 2 is 2.10 bits per heavy atom. The minimum Gasteiger partial charge on any atom is -0.462 e. The van der Waals surface area contributed by atoms with Crippen LogP contribution in [0.1, 0.15) is 22.3 Å². The number of thiazole rings is 1. The number of hydrogen-bond donors (Lipinski definition) is 0. The quantitative estimate of drug-likeness (QED) is 0.695. The Bertz CT molecular complexity index is 761. The Balaban J connectivity index is 2.04. The lowest BCUT2D eigenvalue weighted by Gasteiger charge is -1.99. The van der Waals surface area contributed by atoms with E-state index in [1.165, 1.54) is 11.3 Å². The summed E-state index contributed by atoms with van der Waals surface area (Å²) in [6.07, 6.45) is 0. The maximum atomic E-state index is 11.8. The fraction of sp³-hybridized carbons (Fsp3) is 0.214. The van der Waals surface area contributed by atoms with Gasteiger partial charge in [-0.2, -0.15) is 4.98 Å².